The van der Waals surface area contributed by atoms with Gasteiger partial charge in [0.15, 0.2) is 38.1 Å². The van der Waals surface area contributed by atoms with Crippen LogP contribution in [0.2, 0.25) is 18.1 Å². The zero-order valence-electron chi connectivity index (χ0n) is 39.5. The maximum absolute atomic E-state index is 17.1. The van der Waals surface area contributed by atoms with Crippen molar-refractivity contribution in [3.05, 3.63) is 64.1 Å². The Morgan fingerprint density at radius 1 is 0.984 bits per heavy atom. The number of carbonyl (C=O) groups excluding carboxylic acids is 1. The predicted molar refractivity (Wildman–Crippen MR) is 246 cm³/mol. The number of aryl methyl sites for hydroxylation is 1. The van der Waals surface area contributed by atoms with Crippen molar-refractivity contribution >= 4 is 31.3 Å². The van der Waals surface area contributed by atoms with Crippen LogP contribution in [-0.4, -0.2) is 96.7 Å². The van der Waals surface area contributed by atoms with Crippen molar-refractivity contribution < 1.29 is 32.6 Å². The molecule has 0 saturated carbocycles. The number of rotatable bonds is 16. The largest absolute Gasteiger partial charge is 0.489 e. The number of amides is 1. The van der Waals surface area contributed by atoms with Crippen LogP contribution in [0, 0.1) is 5.82 Å². The van der Waals surface area contributed by atoms with E-state index in [1.807, 2.05) is 59.4 Å². The Balaban J connectivity index is 1.76. The third-order valence-electron chi connectivity index (χ3n) is 11.7. The van der Waals surface area contributed by atoms with E-state index in [1.54, 1.807) is 29.3 Å². The van der Waals surface area contributed by atoms with Crippen molar-refractivity contribution in [2.75, 3.05) is 45.1 Å². The summed E-state index contributed by atoms with van der Waals surface area (Å²) in [7, 11) is -0.480. The lowest BCUT2D eigenvalue weighted by Gasteiger charge is -2.44. The summed E-state index contributed by atoms with van der Waals surface area (Å²) < 4.78 is 48.3. The van der Waals surface area contributed by atoms with E-state index in [0.717, 1.165) is 18.4 Å². The molecule has 4 heterocycles. The average molecular weight is 877 g/mol. The molecule has 1 aliphatic rings. The molecule has 1 aliphatic heterocycles. The highest BCUT2D eigenvalue weighted by Crippen LogP contribution is 2.41. The third kappa shape index (κ3) is 10.9. The molecule has 2 atom stereocenters. The number of aromatic nitrogens is 4. The number of methoxy groups -OCH3 is 1. The predicted octanol–water partition coefficient (Wildman–Crippen LogP) is 10.1. The molecule has 1 saturated heterocycles. The summed E-state index contributed by atoms with van der Waals surface area (Å²) in [6.45, 7) is 28.1. The third-order valence-corrected chi connectivity index (χ3v) is 16.2. The molecular formula is C47H69FN6O7Si. The molecule has 0 spiro atoms. The number of halogens is 1. The second-order valence-corrected chi connectivity index (χ2v) is 24.0. The van der Waals surface area contributed by atoms with Crippen LogP contribution in [0.4, 0.5) is 15.0 Å². The fraction of sp³-hybridized carbons (Fsp3) is 0.596. The highest BCUT2D eigenvalue weighted by atomic mass is 28.4. The van der Waals surface area contributed by atoms with Crippen molar-refractivity contribution in [2.45, 2.75) is 144 Å². The number of para-hydroxylation sites is 1. The van der Waals surface area contributed by atoms with Gasteiger partial charge in [-0.25, -0.2) is 23.5 Å². The normalized spacial score (nSPS) is 16.3. The Bertz CT molecular complexity index is 2250. The summed E-state index contributed by atoms with van der Waals surface area (Å²) in [4.78, 5) is 46.6. The number of hydrogen-bond donors (Lipinski definition) is 0. The smallest absolute Gasteiger partial charge is 0.410 e. The first-order valence-corrected chi connectivity index (χ1v) is 24.9. The molecule has 4 aromatic rings. The Labute approximate surface area is 368 Å². The Hall–Kier alpha value is -4.60. The van der Waals surface area contributed by atoms with E-state index in [9.17, 15) is 9.59 Å². The maximum atomic E-state index is 17.1. The number of anilines is 1. The van der Waals surface area contributed by atoms with Crippen LogP contribution in [0.5, 0.6) is 11.5 Å². The second kappa shape index (κ2) is 19.8. The van der Waals surface area contributed by atoms with Crippen LogP contribution in [0.25, 0.3) is 28.0 Å². The van der Waals surface area contributed by atoms with Gasteiger partial charge in [-0.3, -0.25) is 4.98 Å². The number of piperazine rings is 1. The van der Waals surface area contributed by atoms with Crippen molar-refractivity contribution in [3.63, 3.8) is 0 Å². The first kappa shape index (κ1) is 48.4. The van der Waals surface area contributed by atoms with E-state index >= 15 is 4.39 Å². The number of ether oxygens (including phenoxy) is 4. The van der Waals surface area contributed by atoms with Crippen molar-refractivity contribution in [2.24, 2.45) is 0 Å². The van der Waals surface area contributed by atoms with E-state index < -0.39 is 31.5 Å². The molecule has 5 rings (SSSR count). The van der Waals surface area contributed by atoms with Gasteiger partial charge in [0.2, 0.25) is 0 Å². The molecule has 0 aliphatic carbocycles. The van der Waals surface area contributed by atoms with Gasteiger partial charge < -0.3 is 33.2 Å². The second-order valence-electron chi connectivity index (χ2n) is 19.2. The van der Waals surface area contributed by atoms with Gasteiger partial charge in [-0.15, -0.1) is 0 Å². The van der Waals surface area contributed by atoms with Crippen molar-refractivity contribution in [1.29, 1.82) is 0 Å². The minimum absolute atomic E-state index is 0.0207. The van der Waals surface area contributed by atoms with Crippen LogP contribution in [0.3, 0.4) is 0 Å². The lowest BCUT2D eigenvalue weighted by Crippen LogP contribution is -2.59. The van der Waals surface area contributed by atoms with Gasteiger partial charge in [0.25, 0.3) is 0 Å². The molecule has 1 amide bonds. The number of unbranched alkanes of at least 4 members (excludes halogenated alkanes) is 1. The fourth-order valence-corrected chi connectivity index (χ4v) is 8.41. The van der Waals surface area contributed by atoms with E-state index in [-0.39, 0.29) is 47.0 Å². The van der Waals surface area contributed by atoms with Crippen LogP contribution in [0.1, 0.15) is 113 Å². The fourth-order valence-electron chi connectivity index (χ4n) is 7.32. The molecule has 15 heteroatoms. The zero-order chi connectivity index (χ0) is 45.7. The number of benzene rings is 1. The first-order valence-electron chi connectivity index (χ1n) is 22.0. The molecule has 1 aromatic carbocycles. The Morgan fingerprint density at radius 3 is 2.35 bits per heavy atom. The van der Waals surface area contributed by atoms with Gasteiger partial charge in [0, 0.05) is 50.7 Å². The summed E-state index contributed by atoms with van der Waals surface area (Å²) in [6.07, 6.45) is 4.30. The maximum Gasteiger partial charge on any atom is 0.410 e. The Kier molecular flexibility index (Phi) is 15.5. The van der Waals surface area contributed by atoms with Gasteiger partial charge in [-0.05, 0) is 108 Å². The summed E-state index contributed by atoms with van der Waals surface area (Å²) in [5.41, 5.74) is 1.42. The summed E-state index contributed by atoms with van der Waals surface area (Å²) in [5.74, 6) is 0.237. The van der Waals surface area contributed by atoms with Crippen molar-refractivity contribution in [3.8, 4) is 28.4 Å². The Morgan fingerprint density at radius 2 is 1.71 bits per heavy atom. The molecular weight excluding hydrogens is 808 g/mol. The molecule has 3 aromatic heterocycles. The van der Waals surface area contributed by atoms with E-state index in [2.05, 4.69) is 40.8 Å². The monoisotopic (exact) mass is 876 g/mol. The molecule has 340 valence electrons. The van der Waals surface area contributed by atoms with Crippen LogP contribution < -0.4 is 20.1 Å². The van der Waals surface area contributed by atoms with Gasteiger partial charge in [-0.2, -0.15) is 4.98 Å². The van der Waals surface area contributed by atoms with Gasteiger partial charge in [0.05, 0.1) is 23.4 Å². The van der Waals surface area contributed by atoms with Gasteiger partial charge >= 0.3 is 11.8 Å². The minimum Gasteiger partial charge on any atom is -0.489 e. The number of pyridine rings is 2. The summed E-state index contributed by atoms with van der Waals surface area (Å²) in [6, 6.07) is 7.93. The number of fused-ring (bicyclic) bond motifs is 1. The van der Waals surface area contributed by atoms with Crippen LogP contribution in [0.15, 0.2) is 41.3 Å². The lowest BCUT2D eigenvalue weighted by atomic mass is 10.0. The van der Waals surface area contributed by atoms with Crippen LogP contribution in [-0.2, 0) is 20.3 Å². The highest BCUT2D eigenvalue weighted by Gasteiger charge is 2.38. The highest BCUT2D eigenvalue weighted by molar-refractivity contribution is 6.74. The molecule has 1 fully saturated rings. The summed E-state index contributed by atoms with van der Waals surface area (Å²) >= 11 is 0. The van der Waals surface area contributed by atoms with Gasteiger partial charge in [0.1, 0.15) is 17.1 Å². The molecule has 0 radical (unpaired) electrons. The topological polar surface area (TPSA) is 130 Å². The summed E-state index contributed by atoms with van der Waals surface area (Å²) in [5, 5.41) is 0.396. The number of nitrogens with zero attached hydrogens (tertiary/aromatic N) is 6. The number of hydrogen-bond acceptors (Lipinski definition) is 11. The van der Waals surface area contributed by atoms with E-state index in [1.165, 1.54) is 17.7 Å². The van der Waals surface area contributed by atoms with Gasteiger partial charge in [-0.1, -0.05) is 54.0 Å². The molecule has 0 unspecified atom stereocenters. The standard InChI is InChI=1S/C47H69FN6O7Si/c1-15-16-24-58-41-34(20-17-21-37(41)59-29-57-12)39-36(48)26-35-42(52-27-32(5)53(28-31(52)4)45(56)61-46(6,7)8)51-44(55)54(43(35)50-39)40-33(22-23-49-38(40)30(2)3)19-18-25-60-62(13,14)47(9,10)11/h17,20-23,26,30-32H,15-16,18-19,24-25,27-29H2,1-14H3/t31-,32+/m0/s1. The molecule has 13 nitrogen and oxygen atoms in total. The lowest BCUT2D eigenvalue weighted by molar-refractivity contribution is 0.0130. The average Bonchev–Trinajstić information content (AvgIpc) is 3.18. The molecule has 62 heavy (non-hydrogen) atoms. The van der Waals surface area contributed by atoms with Crippen LogP contribution >= 0.6 is 0 Å². The SMILES string of the molecule is CCCCOc1c(OCOC)cccc1-c1nc2c(cc1F)c(N1C[C@@H](C)N(C(=O)OC(C)(C)C)C[C@@H]1C)nc(=O)n2-c1c(CCCO[Si](C)(C)C(C)(C)C)ccnc1C(C)C. The van der Waals surface area contributed by atoms with E-state index in [4.69, 9.17) is 38.3 Å². The molecule has 0 N–H and O–H groups in total. The zero-order valence-corrected chi connectivity index (χ0v) is 40.5. The minimum atomic E-state index is -2.00. The number of carbonyl (C=O) groups is 1. The molecule has 0 bridgehead atoms. The first-order chi connectivity index (χ1) is 29.1. The van der Waals surface area contributed by atoms with E-state index in [0.29, 0.717) is 73.0 Å². The quantitative estimate of drug-likeness (QED) is 0.0606. The van der Waals surface area contributed by atoms with Crippen molar-refractivity contribution in [1.82, 2.24) is 24.4 Å².